The number of allylic oxidation sites excluding steroid dienone is 4. The van der Waals surface area contributed by atoms with E-state index < -0.39 is 5.97 Å². The molecule has 0 aromatic heterocycles. The Morgan fingerprint density at radius 2 is 1.80 bits per heavy atom. The molecule has 0 aliphatic heterocycles. The zero-order valence-electron chi connectivity index (χ0n) is 11.4. The van der Waals surface area contributed by atoms with Gasteiger partial charge < -0.3 is 4.84 Å². The predicted octanol–water partition coefficient (Wildman–Crippen LogP) is 2.60. The Hall–Kier alpha value is -2.49. The Kier molecular flexibility index (Phi) is 4.25. The van der Waals surface area contributed by atoms with Crippen LogP contribution in [0.2, 0.25) is 0 Å². The summed E-state index contributed by atoms with van der Waals surface area (Å²) < 4.78 is 0. The minimum absolute atomic E-state index is 0.0444. The quantitative estimate of drug-likeness (QED) is 0.481. The number of rotatable bonds is 3. The van der Waals surface area contributed by atoms with E-state index in [-0.39, 0.29) is 12.2 Å². The minimum atomic E-state index is -0.431. The molecule has 102 valence electrons. The first-order valence-electron chi connectivity index (χ1n) is 6.30. The fourth-order valence-electron chi connectivity index (χ4n) is 1.78. The monoisotopic (exact) mass is 269 g/mol. The molecule has 0 fully saturated rings. The second kappa shape index (κ2) is 6.10. The Morgan fingerprint density at radius 3 is 2.50 bits per heavy atom. The minimum Gasteiger partial charge on any atom is -0.317 e. The summed E-state index contributed by atoms with van der Waals surface area (Å²) in [6.07, 6.45) is 3.15. The van der Waals surface area contributed by atoms with E-state index in [1.165, 1.54) is 6.08 Å². The second-order valence-electron chi connectivity index (χ2n) is 4.55. The standard InChI is InChI=1S/C16H15NO3/c1-11-12(2)15(18)9-8-14(11)17-20-16(19)10-13-6-4-3-5-7-13/h3-9H,10H2,1-2H3/b17-14+. The molecule has 1 aromatic rings. The number of oxime groups is 1. The number of benzene rings is 1. The first-order chi connectivity index (χ1) is 9.58. The van der Waals surface area contributed by atoms with E-state index >= 15 is 0 Å². The number of hydrogen-bond donors (Lipinski definition) is 0. The van der Waals surface area contributed by atoms with Crippen LogP contribution in [0.3, 0.4) is 0 Å². The molecule has 0 N–H and O–H groups in total. The summed E-state index contributed by atoms with van der Waals surface area (Å²) >= 11 is 0. The number of ketones is 1. The van der Waals surface area contributed by atoms with Crippen molar-refractivity contribution < 1.29 is 14.4 Å². The van der Waals surface area contributed by atoms with Gasteiger partial charge in [0.25, 0.3) is 0 Å². The SMILES string of the molecule is CC1=C(C)/C(=N/OC(=O)Cc2ccccc2)C=CC1=O. The molecular weight excluding hydrogens is 254 g/mol. The van der Waals surface area contributed by atoms with Crippen molar-refractivity contribution in [3.8, 4) is 0 Å². The van der Waals surface area contributed by atoms with Crippen molar-refractivity contribution in [2.75, 3.05) is 0 Å². The third-order valence-electron chi connectivity index (χ3n) is 3.15. The highest BCUT2D eigenvalue weighted by Crippen LogP contribution is 2.14. The molecule has 0 heterocycles. The van der Waals surface area contributed by atoms with Gasteiger partial charge in [0, 0.05) is 5.57 Å². The summed E-state index contributed by atoms with van der Waals surface area (Å²) in [5.74, 6) is -0.475. The second-order valence-corrected chi connectivity index (χ2v) is 4.55. The van der Waals surface area contributed by atoms with Crippen molar-refractivity contribution in [1.82, 2.24) is 0 Å². The first-order valence-corrected chi connectivity index (χ1v) is 6.30. The molecule has 0 bridgehead atoms. The van der Waals surface area contributed by atoms with E-state index in [4.69, 9.17) is 4.84 Å². The van der Waals surface area contributed by atoms with Gasteiger partial charge in [-0.15, -0.1) is 0 Å². The molecule has 4 nitrogen and oxygen atoms in total. The van der Waals surface area contributed by atoms with Crippen molar-refractivity contribution in [1.29, 1.82) is 0 Å². The van der Waals surface area contributed by atoms with Gasteiger partial charge in [0.05, 0.1) is 6.42 Å². The lowest BCUT2D eigenvalue weighted by molar-refractivity contribution is -0.142. The van der Waals surface area contributed by atoms with Gasteiger partial charge in [0.1, 0.15) is 5.71 Å². The van der Waals surface area contributed by atoms with Gasteiger partial charge >= 0.3 is 5.97 Å². The van der Waals surface area contributed by atoms with Gasteiger partial charge in [-0.05, 0) is 37.1 Å². The van der Waals surface area contributed by atoms with E-state index in [0.29, 0.717) is 11.3 Å². The average Bonchev–Trinajstić information content (AvgIpc) is 2.45. The molecule has 0 saturated carbocycles. The van der Waals surface area contributed by atoms with Gasteiger partial charge in [-0.3, -0.25) is 4.79 Å². The van der Waals surface area contributed by atoms with E-state index in [9.17, 15) is 9.59 Å². The van der Waals surface area contributed by atoms with Crippen LogP contribution in [0, 0.1) is 0 Å². The van der Waals surface area contributed by atoms with Gasteiger partial charge in [-0.1, -0.05) is 35.5 Å². The number of carbonyl (C=O) groups excluding carboxylic acids is 2. The predicted molar refractivity (Wildman–Crippen MR) is 76.2 cm³/mol. The van der Waals surface area contributed by atoms with E-state index in [1.54, 1.807) is 19.9 Å². The molecule has 0 amide bonds. The maximum absolute atomic E-state index is 11.7. The van der Waals surface area contributed by atoms with Gasteiger partial charge in [-0.25, -0.2) is 4.79 Å². The van der Waals surface area contributed by atoms with Gasteiger partial charge in [-0.2, -0.15) is 0 Å². The summed E-state index contributed by atoms with van der Waals surface area (Å²) in [4.78, 5) is 28.0. The maximum Gasteiger partial charge on any atom is 0.339 e. The Balaban J connectivity index is 2.01. The van der Waals surface area contributed by atoms with Crippen molar-refractivity contribution in [3.63, 3.8) is 0 Å². The van der Waals surface area contributed by atoms with E-state index in [2.05, 4.69) is 5.16 Å². The highest BCUT2D eigenvalue weighted by molar-refractivity contribution is 6.21. The fraction of sp³-hybridized carbons (Fsp3) is 0.188. The number of hydrogen-bond acceptors (Lipinski definition) is 4. The molecule has 0 radical (unpaired) electrons. The molecule has 2 rings (SSSR count). The normalized spacial score (nSPS) is 16.7. The molecule has 1 aliphatic rings. The Morgan fingerprint density at radius 1 is 1.10 bits per heavy atom. The largest absolute Gasteiger partial charge is 0.339 e. The third kappa shape index (κ3) is 3.29. The van der Waals surface area contributed by atoms with Crippen LogP contribution < -0.4 is 0 Å². The lowest BCUT2D eigenvalue weighted by Crippen LogP contribution is -2.13. The fourth-order valence-corrected chi connectivity index (χ4v) is 1.78. The molecule has 0 atom stereocenters. The van der Waals surface area contributed by atoms with Crippen molar-refractivity contribution in [3.05, 3.63) is 59.2 Å². The molecule has 20 heavy (non-hydrogen) atoms. The highest BCUT2D eigenvalue weighted by Gasteiger charge is 2.15. The number of carbonyl (C=O) groups is 2. The Bertz CT molecular complexity index is 624. The molecule has 0 unspecified atom stereocenters. The number of nitrogens with zero attached hydrogens (tertiary/aromatic N) is 1. The lowest BCUT2D eigenvalue weighted by atomic mass is 9.97. The van der Waals surface area contributed by atoms with Crippen molar-refractivity contribution >= 4 is 17.5 Å². The highest BCUT2D eigenvalue weighted by atomic mass is 16.7. The van der Waals surface area contributed by atoms with Crippen LogP contribution in [-0.2, 0) is 20.8 Å². The van der Waals surface area contributed by atoms with Gasteiger partial charge in [0.15, 0.2) is 5.78 Å². The van der Waals surface area contributed by atoms with Crippen LogP contribution in [0.15, 0.2) is 58.8 Å². The van der Waals surface area contributed by atoms with E-state index in [0.717, 1.165) is 11.1 Å². The van der Waals surface area contributed by atoms with Crippen molar-refractivity contribution in [2.24, 2.45) is 5.16 Å². The van der Waals surface area contributed by atoms with Crippen LogP contribution in [0.25, 0.3) is 0 Å². The van der Waals surface area contributed by atoms with Crippen LogP contribution >= 0.6 is 0 Å². The Labute approximate surface area is 117 Å². The molecule has 1 aromatic carbocycles. The third-order valence-corrected chi connectivity index (χ3v) is 3.15. The summed E-state index contributed by atoms with van der Waals surface area (Å²) in [6, 6.07) is 9.31. The van der Waals surface area contributed by atoms with Crippen LogP contribution in [0.4, 0.5) is 0 Å². The first kappa shape index (κ1) is 13.9. The summed E-state index contributed by atoms with van der Waals surface area (Å²) in [7, 11) is 0. The molecule has 1 aliphatic carbocycles. The van der Waals surface area contributed by atoms with Crippen LogP contribution in [-0.4, -0.2) is 17.5 Å². The summed E-state index contributed by atoms with van der Waals surface area (Å²) in [5.41, 5.74) is 2.72. The molecular formula is C16H15NO3. The smallest absolute Gasteiger partial charge is 0.317 e. The van der Waals surface area contributed by atoms with Crippen LogP contribution in [0.1, 0.15) is 19.4 Å². The lowest BCUT2D eigenvalue weighted by Gasteiger charge is -2.09. The molecule has 0 spiro atoms. The van der Waals surface area contributed by atoms with E-state index in [1.807, 2.05) is 30.3 Å². The average molecular weight is 269 g/mol. The van der Waals surface area contributed by atoms with Crippen molar-refractivity contribution in [2.45, 2.75) is 20.3 Å². The maximum atomic E-state index is 11.7. The van der Waals surface area contributed by atoms with Gasteiger partial charge in [0.2, 0.25) is 0 Å². The summed E-state index contributed by atoms with van der Waals surface area (Å²) in [6.45, 7) is 3.50. The zero-order chi connectivity index (χ0) is 14.5. The molecule has 4 heteroatoms. The topological polar surface area (TPSA) is 55.7 Å². The summed E-state index contributed by atoms with van der Waals surface area (Å²) in [5, 5.41) is 3.82. The zero-order valence-corrected chi connectivity index (χ0v) is 11.4. The van der Waals surface area contributed by atoms with Crippen LogP contribution in [0.5, 0.6) is 0 Å². The molecule has 0 saturated heterocycles.